The van der Waals surface area contributed by atoms with Crippen LogP contribution in [0.5, 0.6) is 5.75 Å². The number of unbranched alkanes of at least 4 members (excludes halogenated alkanes) is 1. The van der Waals surface area contributed by atoms with E-state index in [9.17, 15) is 0 Å². The average Bonchev–Trinajstić information content (AvgIpc) is 2.82. The second-order valence-electron chi connectivity index (χ2n) is 4.98. The molecule has 1 aliphatic heterocycles. The first-order chi connectivity index (χ1) is 9.15. The fourth-order valence-corrected chi connectivity index (χ4v) is 2.42. The molecule has 1 unspecified atom stereocenters. The molecule has 1 atom stereocenters. The van der Waals surface area contributed by atoms with Crippen molar-refractivity contribution in [1.82, 2.24) is 9.97 Å². The summed E-state index contributed by atoms with van der Waals surface area (Å²) in [7, 11) is 1.66. The van der Waals surface area contributed by atoms with Crippen LogP contribution in [0, 0.1) is 0 Å². The Bertz CT molecular complexity index is 437. The molecule has 0 aromatic carbocycles. The van der Waals surface area contributed by atoms with Crippen molar-refractivity contribution in [3.63, 3.8) is 0 Å². The van der Waals surface area contributed by atoms with Crippen LogP contribution in [-0.4, -0.2) is 36.2 Å². The number of nitrogen functional groups attached to an aromatic ring is 1. The van der Waals surface area contributed by atoms with Crippen molar-refractivity contribution in [2.45, 2.75) is 38.6 Å². The second-order valence-corrected chi connectivity index (χ2v) is 4.98. The first-order valence-electron chi connectivity index (χ1n) is 6.86. The van der Waals surface area contributed by atoms with Gasteiger partial charge in [0.15, 0.2) is 11.6 Å². The van der Waals surface area contributed by atoms with Crippen molar-refractivity contribution in [3.05, 3.63) is 5.69 Å². The van der Waals surface area contributed by atoms with Gasteiger partial charge in [-0.3, -0.25) is 0 Å². The number of nitrogens with two attached hydrogens (primary N) is 2. The third-order valence-electron chi connectivity index (χ3n) is 3.43. The van der Waals surface area contributed by atoms with Crippen molar-refractivity contribution in [2.24, 2.45) is 5.73 Å². The molecule has 106 valence electrons. The molecule has 0 aliphatic carbocycles. The maximum absolute atomic E-state index is 5.95. The Hall–Kier alpha value is -1.56. The first kappa shape index (κ1) is 13.9. The summed E-state index contributed by atoms with van der Waals surface area (Å²) in [6, 6.07) is 0.194. The predicted octanol–water partition coefficient (Wildman–Crippen LogP) is 0.947. The maximum Gasteiger partial charge on any atom is 0.222 e. The van der Waals surface area contributed by atoms with Gasteiger partial charge in [-0.15, -0.1) is 0 Å². The van der Waals surface area contributed by atoms with Crippen molar-refractivity contribution < 1.29 is 4.74 Å². The molecule has 1 fully saturated rings. The molecule has 1 aromatic rings. The lowest BCUT2D eigenvalue weighted by Gasteiger charge is -2.21. The zero-order valence-corrected chi connectivity index (χ0v) is 11.7. The van der Waals surface area contributed by atoms with Crippen LogP contribution in [0.4, 0.5) is 11.8 Å². The van der Waals surface area contributed by atoms with Crippen LogP contribution in [0.15, 0.2) is 0 Å². The molecule has 0 amide bonds. The SMILES string of the molecule is CCCCc1nc(N)nc(N2CCC(N)C2)c1OC. The molecular weight excluding hydrogens is 242 g/mol. The normalized spacial score (nSPS) is 18.9. The number of aryl methyl sites for hydroxylation is 1. The number of rotatable bonds is 5. The van der Waals surface area contributed by atoms with Gasteiger partial charge in [-0.25, -0.2) is 4.98 Å². The number of ether oxygens (including phenoxy) is 1. The van der Waals surface area contributed by atoms with Crippen molar-refractivity contribution in [2.75, 3.05) is 30.8 Å². The topological polar surface area (TPSA) is 90.3 Å². The zero-order valence-electron chi connectivity index (χ0n) is 11.7. The summed E-state index contributed by atoms with van der Waals surface area (Å²) < 4.78 is 5.51. The maximum atomic E-state index is 5.95. The smallest absolute Gasteiger partial charge is 0.222 e. The third kappa shape index (κ3) is 3.07. The van der Waals surface area contributed by atoms with Crippen molar-refractivity contribution in [3.8, 4) is 5.75 Å². The Morgan fingerprint density at radius 1 is 1.42 bits per heavy atom. The predicted molar refractivity (Wildman–Crippen MR) is 76.4 cm³/mol. The van der Waals surface area contributed by atoms with Crippen LogP contribution in [-0.2, 0) is 6.42 Å². The minimum Gasteiger partial charge on any atom is -0.491 e. The highest BCUT2D eigenvalue weighted by Crippen LogP contribution is 2.32. The van der Waals surface area contributed by atoms with E-state index in [0.29, 0.717) is 5.95 Å². The molecule has 6 nitrogen and oxygen atoms in total. The first-order valence-corrected chi connectivity index (χ1v) is 6.86. The van der Waals surface area contributed by atoms with E-state index in [0.717, 1.165) is 56.0 Å². The lowest BCUT2D eigenvalue weighted by Crippen LogP contribution is -2.27. The summed E-state index contributed by atoms with van der Waals surface area (Å²) in [5.41, 5.74) is 12.7. The van der Waals surface area contributed by atoms with E-state index in [-0.39, 0.29) is 6.04 Å². The quantitative estimate of drug-likeness (QED) is 0.823. The van der Waals surface area contributed by atoms with E-state index in [2.05, 4.69) is 21.8 Å². The summed E-state index contributed by atoms with van der Waals surface area (Å²) >= 11 is 0. The summed E-state index contributed by atoms with van der Waals surface area (Å²) in [6.45, 7) is 3.83. The standard InChI is InChI=1S/C13H23N5O/c1-3-4-5-10-11(19-2)12(17-13(15)16-10)18-7-6-9(14)8-18/h9H,3-8,14H2,1-2H3,(H2,15,16,17). The van der Waals surface area contributed by atoms with Crippen molar-refractivity contribution in [1.29, 1.82) is 0 Å². The number of anilines is 2. The van der Waals surface area contributed by atoms with Crippen LogP contribution < -0.4 is 21.1 Å². The van der Waals surface area contributed by atoms with Gasteiger partial charge < -0.3 is 21.1 Å². The largest absolute Gasteiger partial charge is 0.491 e. The van der Waals surface area contributed by atoms with Gasteiger partial charge in [0.25, 0.3) is 0 Å². The number of nitrogens with zero attached hydrogens (tertiary/aromatic N) is 3. The molecule has 1 aromatic heterocycles. The molecule has 0 radical (unpaired) electrons. The van der Waals surface area contributed by atoms with Crippen LogP contribution in [0.1, 0.15) is 31.9 Å². The second kappa shape index (κ2) is 6.06. The molecule has 6 heteroatoms. The van der Waals surface area contributed by atoms with E-state index in [1.54, 1.807) is 7.11 Å². The number of hydrogen-bond donors (Lipinski definition) is 2. The van der Waals surface area contributed by atoms with E-state index in [4.69, 9.17) is 16.2 Å². The Labute approximate surface area is 114 Å². The van der Waals surface area contributed by atoms with Crippen LogP contribution in [0.25, 0.3) is 0 Å². The van der Waals surface area contributed by atoms with Gasteiger partial charge in [0.1, 0.15) is 0 Å². The van der Waals surface area contributed by atoms with Gasteiger partial charge in [0, 0.05) is 19.1 Å². The van der Waals surface area contributed by atoms with Gasteiger partial charge >= 0.3 is 0 Å². The highest BCUT2D eigenvalue weighted by Gasteiger charge is 2.25. The lowest BCUT2D eigenvalue weighted by atomic mass is 10.2. The van der Waals surface area contributed by atoms with E-state index >= 15 is 0 Å². The van der Waals surface area contributed by atoms with E-state index in [1.807, 2.05) is 0 Å². The molecule has 2 rings (SSSR count). The molecule has 2 heterocycles. The lowest BCUT2D eigenvalue weighted by molar-refractivity contribution is 0.404. The monoisotopic (exact) mass is 265 g/mol. The Balaban J connectivity index is 2.33. The highest BCUT2D eigenvalue weighted by atomic mass is 16.5. The van der Waals surface area contributed by atoms with E-state index in [1.165, 1.54) is 0 Å². The van der Waals surface area contributed by atoms with Crippen LogP contribution in [0.3, 0.4) is 0 Å². The minimum absolute atomic E-state index is 0.194. The highest BCUT2D eigenvalue weighted by molar-refractivity contribution is 5.58. The van der Waals surface area contributed by atoms with E-state index < -0.39 is 0 Å². The minimum atomic E-state index is 0.194. The fourth-order valence-electron chi connectivity index (χ4n) is 2.42. The number of methoxy groups -OCH3 is 1. The molecule has 1 aliphatic rings. The van der Waals surface area contributed by atoms with Crippen molar-refractivity contribution >= 4 is 11.8 Å². The summed E-state index contributed by atoms with van der Waals surface area (Å²) in [6.07, 6.45) is 4.00. The molecule has 0 spiro atoms. The van der Waals surface area contributed by atoms with Crippen LogP contribution >= 0.6 is 0 Å². The molecular formula is C13H23N5O. The molecule has 0 bridgehead atoms. The summed E-state index contributed by atoms with van der Waals surface area (Å²) in [4.78, 5) is 10.8. The van der Waals surface area contributed by atoms with Gasteiger partial charge in [-0.1, -0.05) is 13.3 Å². The van der Waals surface area contributed by atoms with Gasteiger partial charge in [0.2, 0.25) is 5.95 Å². The molecule has 1 saturated heterocycles. The third-order valence-corrected chi connectivity index (χ3v) is 3.43. The Morgan fingerprint density at radius 2 is 2.21 bits per heavy atom. The van der Waals surface area contributed by atoms with Gasteiger partial charge in [-0.2, -0.15) is 4.98 Å². The molecule has 0 saturated carbocycles. The summed E-state index contributed by atoms with van der Waals surface area (Å²) in [5, 5.41) is 0. The Kier molecular flexibility index (Phi) is 4.42. The Morgan fingerprint density at radius 3 is 2.79 bits per heavy atom. The summed E-state index contributed by atoms with van der Waals surface area (Å²) in [5.74, 6) is 1.84. The zero-order chi connectivity index (χ0) is 13.8. The average molecular weight is 265 g/mol. The molecule has 19 heavy (non-hydrogen) atoms. The van der Waals surface area contributed by atoms with Gasteiger partial charge in [-0.05, 0) is 19.3 Å². The van der Waals surface area contributed by atoms with Gasteiger partial charge in [0.05, 0.1) is 12.8 Å². The molecule has 4 N–H and O–H groups in total. The fraction of sp³-hybridized carbons (Fsp3) is 0.692. The number of hydrogen-bond acceptors (Lipinski definition) is 6. The number of aromatic nitrogens is 2. The van der Waals surface area contributed by atoms with Crippen LogP contribution in [0.2, 0.25) is 0 Å².